The van der Waals surface area contributed by atoms with Gasteiger partial charge in [0, 0.05) is 0 Å². The fourth-order valence-corrected chi connectivity index (χ4v) is 2.94. The van der Waals surface area contributed by atoms with Crippen LogP contribution in [0.5, 0.6) is 0 Å². The number of nitrogens with one attached hydrogen (secondary N) is 1. The minimum absolute atomic E-state index is 0.251. The summed E-state index contributed by atoms with van der Waals surface area (Å²) in [6.45, 7) is 3.99. The van der Waals surface area contributed by atoms with Crippen LogP contribution in [0.2, 0.25) is 0 Å². The lowest BCUT2D eigenvalue weighted by Crippen LogP contribution is -2.49. The van der Waals surface area contributed by atoms with Crippen molar-refractivity contribution >= 4 is 18.2 Å². The van der Waals surface area contributed by atoms with Gasteiger partial charge in [-0.05, 0) is 50.7 Å². The Bertz CT molecular complexity index is 597. The molecular weight excluding hydrogens is 270 g/mol. The molecule has 6 heteroatoms. The molecule has 2 aliphatic rings. The molecule has 1 saturated heterocycles. The molecule has 21 heavy (non-hydrogen) atoms. The minimum atomic E-state index is -0.750. The fraction of sp³-hybridized carbons (Fsp3) is 0.533. The fourth-order valence-electron chi connectivity index (χ4n) is 2.94. The van der Waals surface area contributed by atoms with Gasteiger partial charge in [-0.2, -0.15) is 5.10 Å². The molecule has 1 spiro atoms. The molecule has 0 bridgehead atoms. The van der Waals surface area contributed by atoms with Gasteiger partial charge >= 0.3 is 6.03 Å². The Morgan fingerprint density at radius 2 is 2.10 bits per heavy atom. The van der Waals surface area contributed by atoms with Gasteiger partial charge in [-0.25, -0.2) is 4.79 Å². The highest BCUT2D eigenvalue weighted by Crippen LogP contribution is 2.36. The van der Waals surface area contributed by atoms with Gasteiger partial charge in [0.15, 0.2) is 0 Å². The number of hydrogen-bond acceptors (Lipinski definition) is 4. The standard InChI is InChI=1S/C15H19N3O3/c1-10-5-7-15(8-6-10)13(19)18(14(20)17-15)16-9-12-4-3-11(2)21-12/h3-4,9-10H,5-8H2,1-2H3,(H,17,20)/b16-9-. The summed E-state index contributed by atoms with van der Waals surface area (Å²) in [6.07, 6.45) is 4.66. The zero-order chi connectivity index (χ0) is 15.0. The van der Waals surface area contributed by atoms with Crippen LogP contribution in [0.4, 0.5) is 4.79 Å². The predicted molar refractivity (Wildman–Crippen MR) is 76.8 cm³/mol. The molecular formula is C15H19N3O3. The zero-order valence-electron chi connectivity index (χ0n) is 12.3. The van der Waals surface area contributed by atoms with Crippen molar-refractivity contribution in [1.82, 2.24) is 10.3 Å². The summed E-state index contributed by atoms with van der Waals surface area (Å²) in [5, 5.41) is 7.74. The van der Waals surface area contributed by atoms with Crippen molar-refractivity contribution in [2.75, 3.05) is 0 Å². The second-order valence-electron chi connectivity index (χ2n) is 6.00. The lowest BCUT2D eigenvalue weighted by Gasteiger charge is -2.33. The van der Waals surface area contributed by atoms with E-state index >= 15 is 0 Å². The number of hydrazone groups is 1. The van der Waals surface area contributed by atoms with E-state index in [0.29, 0.717) is 24.5 Å². The third-order valence-corrected chi connectivity index (χ3v) is 4.33. The Labute approximate surface area is 123 Å². The van der Waals surface area contributed by atoms with Gasteiger partial charge in [-0.3, -0.25) is 4.79 Å². The number of urea groups is 1. The van der Waals surface area contributed by atoms with Crippen molar-refractivity contribution in [3.63, 3.8) is 0 Å². The molecule has 1 N–H and O–H groups in total. The van der Waals surface area contributed by atoms with Crippen LogP contribution in [-0.2, 0) is 4.79 Å². The van der Waals surface area contributed by atoms with Gasteiger partial charge in [0.2, 0.25) is 0 Å². The lowest BCUT2D eigenvalue weighted by molar-refractivity contribution is -0.132. The van der Waals surface area contributed by atoms with Gasteiger partial charge < -0.3 is 9.73 Å². The normalized spacial score (nSPS) is 29.6. The van der Waals surface area contributed by atoms with E-state index in [1.165, 1.54) is 6.21 Å². The van der Waals surface area contributed by atoms with E-state index in [4.69, 9.17) is 4.42 Å². The smallest absolute Gasteiger partial charge is 0.346 e. The average Bonchev–Trinajstić information content (AvgIpc) is 2.96. The number of aryl methyl sites for hydroxylation is 1. The topological polar surface area (TPSA) is 74.9 Å². The van der Waals surface area contributed by atoms with Crippen LogP contribution in [0.1, 0.15) is 44.1 Å². The molecule has 1 aliphatic heterocycles. The molecule has 0 unspecified atom stereocenters. The maximum atomic E-state index is 12.5. The lowest BCUT2D eigenvalue weighted by atomic mass is 9.77. The molecule has 1 aromatic rings. The molecule has 1 aliphatic carbocycles. The van der Waals surface area contributed by atoms with Crippen molar-refractivity contribution in [2.24, 2.45) is 11.0 Å². The number of hydrogen-bond donors (Lipinski definition) is 1. The second kappa shape index (κ2) is 5.02. The van der Waals surface area contributed by atoms with Crippen molar-refractivity contribution in [3.8, 4) is 0 Å². The molecule has 2 heterocycles. The van der Waals surface area contributed by atoms with Gasteiger partial charge in [0.25, 0.3) is 5.91 Å². The first kappa shape index (κ1) is 13.9. The van der Waals surface area contributed by atoms with Gasteiger partial charge in [-0.1, -0.05) is 6.92 Å². The predicted octanol–water partition coefficient (Wildman–Crippen LogP) is 2.42. The summed E-state index contributed by atoms with van der Waals surface area (Å²) in [6, 6.07) is 3.10. The van der Waals surface area contributed by atoms with Gasteiger partial charge in [-0.15, -0.1) is 5.01 Å². The van der Waals surface area contributed by atoms with E-state index in [0.717, 1.165) is 23.6 Å². The third kappa shape index (κ3) is 2.46. The molecule has 0 radical (unpaired) electrons. The largest absolute Gasteiger partial charge is 0.460 e. The number of nitrogens with zero attached hydrogens (tertiary/aromatic N) is 2. The van der Waals surface area contributed by atoms with Crippen LogP contribution in [0, 0.1) is 12.8 Å². The highest BCUT2D eigenvalue weighted by atomic mass is 16.3. The maximum Gasteiger partial charge on any atom is 0.346 e. The van der Waals surface area contributed by atoms with Crippen LogP contribution in [0.3, 0.4) is 0 Å². The number of amides is 3. The molecule has 0 atom stereocenters. The van der Waals surface area contributed by atoms with E-state index in [1.54, 1.807) is 12.1 Å². The van der Waals surface area contributed by atoms with Crippen molar-refractivity contribution in [3.05, 3.63) is 23.7 Å². The summed E-state index contributed by atoms with van der Waals surface area (Å²) in [7, 11) is 0. The van der Waals surface area contributed by atoms with Crippen LogP contribution in [0.25, 0.3) is 0 Å². The second-order valence-corrected chi connectivity index (χ2v) is 6.00. The van der Waals surface area contributed by atoms with Crippen molar-refractivity contribution in [2.45, 2.75) is 45.1 Å². The molecule has 3 rings (SSSR count). The quantitative estimate of drug-likeness (QED) is 0.671. The van der Waals surface area contributed by atoms with Crippen LogP contribution >= 0.6 is 0 Å². The first-order valence-corrected chi connectivity index (χ1v) is 7.27. The Kier molecular flexibility index (Phi) is 3.31. The van der Waals surface area contributed by atoms with Crippen molar-refractivity contribution < 1.29 is 14.0 Å². The monoisotopic (exact) mass is 289 g/mol. The first-order chi connectivity index (χ1) is 10.00. The highest BCUT2D eigenvalue weighted by Gasteiger charge is 2.52. The molecule has 112 valence electrons. The number of rotatable bonds is 2. The van der Waals surface area contributed by atoms with E-state index in [9.17, 15) is 9.59 Å². The Balaban J connectivity index is 1.76. The van der Waals surface area contributed by atoms with Crippen LogP contribution in [-0.4, -0.2) is 28.7 Å². The summed E-state index contributed by atoms with van der Waals surface area (Å²) < 4.78 is 5.35. The summed E-state index contributed by atoms with van der Waals surface area (Å²) >= 11 is 0. The Hall–Kier alpha value is -2.11. The Morgan fingerprint density at radius 1 is 1.38 bits per heavy atom. The highest BCUT2D eigenvalue weighted by molar-refractivity contribution is 6.07. The number of carbonyl (C=O) groups is 2. The van der Waals surface area contributed by atoms with E-state index < -0.39 is 11.6 Å². The van der Waals surface area contributed by atoms with E-state index in [2.05, 4.69) is 17.3 Å². The summed E-state index contributed by atoms with van der Waals surface area (Å²) in [5.74, 6) is 1.63. The van der Waals surface area contributed by atoms with E-state index in [1.807, 2.05) is 6.92 Å². The minimum Gasteiger partial charge on any atom is -0.460 e. The number of furan rings is 1. The number of carbonyl (C=O) groups excluding carboxylic acids is 2. The molecule has 1 saturated carbocycles. The molecule has 0 aromatic carbocycles. The maximum absolute atomic E-state index is 12.5. The average molecular weight is 289 g/mol. The summed E-state index contributed by atoms with van der Waals surface area (Å²) in [5.41, 5.74) is -0.750. The van der Waals surface area contributed by atoms with Crippen LogP contribution in [0.15, 0.2) is 21.7 Å². The van der Waals surface area contributed by atoms with E-state index in [-0.39, 0.29) is 5.91 Å². The number of imide groups is 1. The first-order valence-electron chi connectivity index (χ1n) is 7.27. The summed E-state index contributed by atoms with van der Waals surface area (Å²) in [4.78, 5) is 24.5. The van der Waals surface area contributed by atoms with Gasteiger partial charge in [0.05, 0.1) is 6.21 Å². The Morgan fingerprint density at radius 3 is 2.71 bits per heavy atom. The SMILES string of the molecule is Cc1ccc(/C=N\N2C(=O)NC3(CCC(C)CC3)C2=O)o1. The van der Waals surface area contributed by atoms with Crippen molar-refractivity contribution in [1.29, 1.82) is 0 Å². The molecule has 1 aromatic heterocycles. The zero-order valence-corrected chi connectivity index (χ0v) is 12.3. The molecule has 2 fully saturated rings. The van der Waals surface area contributed by atoms with Gasteiger partial charge in [0.1, 0.15) is 17.1 Å². The third-order valence-electron chi connectivity index (χ3n) is 4.33. The molecule has 3 amide bonds. The molecule has 6 nitrogen and oxygen atoms in total. The van der Waals surface area contributed by atoms with Crippen LogP contribution < -0.4 is 5.32 Å².